The zero-order valence-corrected chi connectivity index (χ0v) is 10.7. The van der Waals surface area contributed by atoms with Crippen molar-refractivity contribution in [1.82, 2.24) is 24.6 Å². The van der Waals surface area contributed by atoms with Crippen LogP contribution < -0.4 is 0 Å². The fourth-order valence-corrected chi connectivity index (χ4v) is 2.55. The number of hydrogen-bond acceptors (Lipinski definition) is 4. The van der Waals surface area contributed by atoms with Crippen LogP contribution in [0.25, 0.3) is 11.4 Å². The molecule has 1 saturated heterocycles. The smallest absolute Gasteiger partial charge is 0.107 e. The summed E-state index contributed by atoms with van der Waals surface area (Å²) in [5, 5.41) is 4.15. The Morgan fingerprint density at radius 3 is 2.67 bits per heavy atom. The molecule has 0 N–H and O–H groups in total. The second kappa shape index (κ2) is 4.49. The Balaban J connectivity index is 1.87. The fraction of sp³-hybridized carbons (Fsp3) is 0.462. The first-order chi connectivity index (χ1) is 8.75. The van der Waals surface area contributed by atoms with E-state index in [0.717, 1.165) is 23.6 Å². The summed E-state index contributed by atoms with van der Waals surface area (Å²) in [6.07, 6.45) is 7.94. The van der Waals surface area contributed by atoms with Crippen LogP contribution in [0.4, 0.5) is 0 Å². The van der Waals surface area contributed by atoms with Crippen molar-refractivity contribution < 1.29 is 0 Å². The van der Waals surface area contributed by atoms with Gasteiger partial charge in [0.25, 0.3) is 0 Å². The highest BCUT2D eigenvalue weighted by atomic mass is 15.3. The van der Waals surface area contributed by atoms with Crippen molar-refractivity contribution in [1.29, 1.82) is 0 Å². The molecule has 0 unspecified atom stereocenters. The maximum atomic E-state index is 4.56. The SMILES string of the molecule is CN1CCC[C@H]1c1cnc(-c2ccnn2C)cn1. The molecule has 1 fully saturated rings. The van der Waals surface area contributed by atoms with E-state index in [2.05, 4.69) is 27.0 Å². The summed E-state index contributed by atoms with van der Waals surface area (Å²) in [6, 6.07) is 2.38. The Morgan fingerprint density at radius 1 is 1.22 bits per heavy atom. The van der Waals surface area contributed by atoms with Gasteiger partial charge in [0.05, 0.1) is 29.8 Å². The van der Waals surface area contributed by atoms with Crippen LogP contribution in [0.15, 0.2) is 24.7 Å². The topological polar surface area (TPSA) is 46.8 Å². The van der Waals surface area contributed by atoms with Gasteiger partial charge in [-0.1, -0.05) is 0 Å². The first-order valence-corrected chi connectivity index (χ1v) is 6.26. The lowest BCUT2D eigenvalue weighted by molar-refractivity contribution is 0.311. The number of hydrogen-bond donors (Lipinski definition) is 0. The van der Waals surface area contributed by atoms with Crippen LogP contribution in [0, 0.1) is 0 Å². The number of rotatable bonds is 2. The Labute approximate surface area is 106 Å². The molecule has 18 heavy (non-hydrogen) atoms. The lowest BCUT2D eigenvalue weighted by atomic mass is 10.1. The summed E-state index contributed by atoms with van der Waals surface area (Å²) in [4.78, 5) is 11.4. The molecule has 0 spiro atoms. The van der Waals surface area contributed by atoms with E-state index in [0.29, 0.717) is 6.04 Å². The number of aryl methyl sites for hydroxylation is 1. The molecule has 1 aliphatic rings. The van der Waals surface area contributed by atoms with E-state index in [1.54, 1.807) is 6.20 Å². The second-order valence-electron chi connectivity index (χ2n) is 4.81. The minimum absolute atomic E-state index is 0.429. The highest BCUT2D eigenvalue weighted by molar-refractivity contribution is 5.52. The quantitative estimate of drug-likeness (QED) is 0.804. The molecule has 0 bridgehead atoms. The normalized spacial score (nSPS) is 20.4. The molecule has 0 amide bonds. The lowest BCUT2D eigenvalue weighted by Gasteiger charge is -2.18. The van der Waals surface area contributed by atoms with E-state index in [1.807, 2.05) is 30.2 Å². The maximum Gasteiger partial charge on any atom is 0.107 e. The highest BCUT2D eigenvalue weighted by Crippen LogP contribution is 2.28. The number of nitrogens with zero attached hydrogens (tertiary/aromatic N) is 5. The van der Waals surface area contributed by atoms with Crippen molar-refractivity contribution in [2.45, 2.75) is 18.9 Å². The molecule has 2 aromatic heterocycles. The molecule has 1 atom stereocenters. The summed E-state index contributed by atoms with van der Waals surface area (Å²) in [5.74, 6) is 0. The molecule has 94 valence electrons. The lowest BCUT2D eigenvalue weighted by Crippen LogP contribution is -2.18. The Hall–Kier alpha value is -1.75. The van der Waals surface area contributed by atoms with Gasteiger partial charge < -0.3 is 0 Å². The van der Waals surface area contributed by atoms with Crippen molar-refractivity contribution in [2.24, 2.45) is 7.05 Å². The molecule has 0 aliphatic carbocycles. The molecule has 5 nitrogen and oxygen atoms in total. The van der Waals surface area contributed by atoms with Gasteiger partial charge in [0.1, 0.15) is 5.69 Å². The monoisotopic (exact) mass is 243 g/mol. The van der Waals surface area contributed by atoms with Gasteiger partial charge in [-0.15, -0.1) is 0 Å². The molecular formula is C13H17N5. The van der Waals surface area contributed by atoms with Crippen LogP contribution in [0.3, 0.4) is 0 Å². The van der Waals surface area contributed by atoms with E-state index in [1.165, 1.54) is 12.8 Å². The minimum atomic E-state index is 0.429. The first-order valence-electron chi connectivity index (χ1n) is 6.26. The maximum absolute atomic E-state index is 4.56. The zero-order valence-electron chi connectivity index (χ0n) is 10.7. The van der Waals surface area contributed by atoms with Crippen molar-refractivity contribution in [3.63, 3.8) is 0 Å². The van der Waals surface area contributed by atoms with Crippen molar-refractivity contribution in [3.8, 4) is 11.4 Å². The Kier molecular flexibility index (Phi) is 2.83. The summed E-state index contributed by atoms with van der Waals surface area (Å²) in [5.41, 5.74) is 2.94. The third-order valence-electron chi connectivity index (χ3n) is 3.62. The molecule has 1 aliphatic heterocycles. The van der Waals surface area contributed by atoms with Gasteiger partial charge >= 0.3 is 0 Å². The third-order valence-corrected chi connectivity index (χ3v) is 3.62. The van der Waals surface area contributed by atoms with E-state index in [9.17, 15) is 0 Å². The van der Waals surface area contributed by atoms with Gasteiger partial charge in [0.2, 0.25) is 0 Å². The molecule has 0 aromatic carbocycles. The largest absolute Gasteiger partial charge is 0.298 e. The van der Waals surface area contributed by atoms with Gasteiger partial charge in [-0.25, -0.2) is 0 Å². The van der Waals surface area contributed by atoms with Crippen molar-refractivity contribution >= 4 is 0 Å². The van der Waals surface area contributed by atoms with E-state index >= 15 is 0 Å². The van der Waals surface area contributed by atoms with Gasteiger partial charge in [-0.3, -0.25) is 19.5 Å². The summed E-state index contributed by atoms with van der Waals surface area (Å²) < 4.78 is 1.81. The average molecular weight is 243 g/mol. The standard InChI is InChI=1S/C13H17N5/c1-17-7-3-4-12(17)10-8-15-11(9-14-10)13-5-6-16-18(13)2/h5-6,8-9,12H,3-4,7H2,1-2H3/t12-/m0/s1. The molecule has 2 aromatic rings. The number of likely N-dealkylation sites (tertiary alicyclic amines) is 1. The van der Waals surface area contributed by atoms with Gasteiger partial charge in [-0.05, 0) is 32.5 Å². The Bertz CT molecular complexity index is 531. The molecule has 5 heteroatoms. The van der Waals surface area contributed by atoms with Crippen LogP contribution >= 0.6 is 0 Å². The van der Waals surface area contributed by atoms with Crippen molar-refractivity contribution in [3.05, 3.63) is 30.4 Å². The van der Waals surface area contributed by atoms with E-state index in [4.69, 9.17) is 0 Å². The summed E-state index contributed by atoms with van der Waals surface area (Å²) >= 11 is 0. The fourth-order valence-electron chi connectivity index (χ4n) is 2.55. The van der Waals surface area contributed by atoms with Crippen molar-refractivity contribution in [2.75, 3.05) is 13.6 Å². The minimum Gasteiger partial charge on any atom is -0.298 e. The Morgan fingerprint density at radius 2 is 2.11 bits per heavy atom. The molecule has 3 rings (SSSR count). The molecule has 3 heterocycles. The predicted octanol–water partition coefficient (Wildman–Crippen LogP) is 1.64. The van der Waals surface area contributed by atoms with Gasteiger partial charge in [-0.2, -0.15) is 5.10 Å². The predicted molar refractivity (Wildman–Crippen MR) is 68.8 cm³/mol. The van der Waals surface area contributed by atoms with Crippen LogP contribution in [0.5, 0.6) is 0 Å². The van der Waals surface area contributed by atoms with Crippen LogP contribution in [-0.2, 0) is 7.05 Å². The first kappa shape index (κ1) is 11.3. The summed E-state index contributed by atoms with van der Waals surface area (Å²) in [6.45, 7) is 1.15. The van der Waals surface area contributed by atoms with Gasteiger partial charge in [0.15, 0.2) is 0 Å². The number of aromatic nitrogens is 4. The molecule has 0 saturated carbocycles. The molecular weight excluding hydrogens is 226 g/mol. The van der Waals surface area contributed by atoms with E-state index < -0.39 is 0 Å². The van der Waals surface area contributed by atoms with Crippen LogP contribution in [0.1, 0.15) is 24.6 Å². The second-order valence-corrected chi connectivity index (χ2v) is 4.81. The van der Waals surface area contributed by atoms with E-state index in [-0.39, 0.29) is 0 Å². The van der Waals surface area contributed by atoms with Gasteiger partial charge in [0, 0.05) is 13.2 Å². The van der Waals surface area contributed by atoms with Crippen LogP contribution in [0.2, 0.25) is 0 Å². The van der Waals surface area contributed by atoms with Crippen LogP contribution in [-0.4, -0.2) is 38.2 Å². The zero-order chi connectivity index (χ0) is 12.5. The highest BCUT2D eigenvalue weighted by Gasteiger charge is 2.23. The molecule has 0 radical (unpaired) electrons. The third kappa shape index (κ3) is 1.90. The average Bonchev–Trinajstić information content (AvgIpc) is 2.98. The summed E-state index contributed by atoms with van der Waals surface area (Å²) in [7, 11) is 4.06.